The SMILES string of the molecule is CCCN=C1C/C(=C\c2ccc(OCC(O)CO)c(Cl)c2)C(=O)N1c1ccccc1C. The average molecular weight is 443 g/mol. The van der Waals surface area contributed by atoms with Gasteiger partial charge >= 0.3 is 0 Å². The van der Waals surface area contributed by atoms with Gasteiger partial charge < -0.3 is 14.9 Å². The molecule has 2 aromatic carbocycles. The standard InChI is InChI=1S/C24H27ClN2O4/c1-3-10-26-23-13-18(24(30)27(23)21-7-5-4-6-16(21)2)11-17-8-9-22(20(25)12-17)31-15-19(29)14-28/h4-9,11-12,19,28-29H,3,10,13-15H2,1-2H3/b18-11+,26-23?. The van der Waals surface area contributed by atoms with Crippen LogP contribution in [0.15, 0.2) is 53.0 Å². The molecule has 1 saturated heterocycles. The summed E-state index contributed by atoms with van der Waals surface area (Å²) in [4.78, 5) is 19.6. The van der Waals surface area contributed by atoms with Gasteiger partial charge in [-0.15, -0.1) is 0 Å². The third-order valence-corrected chi connectivity index (χ3v) is 5.19. The van der Waals surface area contributed by atoms with E-state index in [0.717, 1.165) is 29.1 Å². The molecule has 1 fully saturated rings. The highest BCUT2D eigenvalue weighted by Gasteiger charge is 2.33. The predicted molar refractivity (Wildman–Crippen MR) is 124 cm³/mol. The van der Waals surface area contributed by atoms with Crippen LogP contribution in [-0.4, -0.2) is 47.8 Å². The first-order valence-electron chi connectivity index (χ1n) is 10.3. The summed E-state index contributed by atoms with van der Waals surface area (Å²) in [5, 5.41) is 18.7. The molecule has 164 valence electrons. The summed E-state index contributed by atoms with van der Waals surface area (Å²) in [5.41, 5.74) is 3.26. The van der Waals surface area contributed by atoms with Crippen molar-refractivity contribution in [3.8, 4) is 5.75 Å². The Hall–Kier alpha value is -2.67. The molecule has 1 aliphatic heterocycles. The molecule has 1 aliphatic rings. The Morgan fingerprint density at radius 2 is 2.06 bits per heavy atom. The van der Waals surface area contributed by atoms with Crippen LogP contribution in [0.4, 0.5) is 5.69 Å². The summed E-state index contributed by atoms with van der Waals surface area (Å²) in [7, 11) is 0. The van der Waals surface area contributed by atoms with Crippen LogP contribution in [0.5, 0.6) is 5.75 Å². The van der Waals surface area contributed by atoms with E-state index in [2.05, 4.69) is 11.9 Å². The molecule has 0 spiro atoms. The molecule has 2 aromatic rings. The molecule has 1 atom stereocenters. The molecule has 0 radical (unpaired) electrons. The summed E-state index contributed by atoms with van der Waals surface area (Å²) < 4.78 is 5.43. The average Bonchev–Trinajstić information content (AvgIpc) is 3.06. The van der Waals surface area contributed by atoms with Gasteiger partial charge in [-0.1, -0.05) is 42.8 Å². The lowest BCUT2D eigenvalue weighted by molar-refractivity contribution is -0.113. The van der Waals surface area contributed by atoms with Crippen molar-refractivity contribution in [3.63, 3.8) is 0 Å². The minimum Gasteiger partial charge on any atom is -0.489 e. The van der Waals surface area contributed by atoms with Crippen molar-refractivity contribution in [2.45, 2.75) is 32.8 Å². The quantitative estimate of drug-likeness (QED) is 0.605. The molecule has 1 unspecified atom stereocenters. The number of hydrogen-bond donors (Lipinski definition) is 2. The Balaban J connectivity index is 1.88. The number of rotatable bonds is 8. The smallest absolute Gasteiger partial charge is 0.260 e. The van der Waals surface area contributed by atoms with Gasteiger partial charge in [-0.25, -0.2) is 0 Å². The maximum atomic E-state index is 13.3. The van der Waals surface area contributed by atoms with Crippen molar-refractivity contribution < 1.29 is 19.7 Å². The van der Waals surface area contributed by atoms with Crippen molar-refractivity contribution in [3.05, 3.63) is 64.2 Å². The number of para-hydroxylation sites is 1. The van der Waals surface area contributed by atoms with Crippen LogP contribution in [0.25, 0.3) is 6.08 Å². The minimum atomic E-state index is -0.970. The number of carbonyl (C=O) groups excluding carboxylic acids is 1. The topological polar surface area (TPSA) is 82.4 Å². The fourth-order valence-corrected chi connectivity index (χ4v) is 3.54. The fourth-order valence-electron chi connectivity index (χ4n) is 3.29. The van der Waals surface area contributed by atoms with E-state index in [-0.39, 0.29) is 19.1 Å². The van der Waals surface area contributed by atoms with Crippen LogP contribution < -0.4 is 9.64 Å². The van der Waals surface area contributed by atoms with E-state index in [1.54, 1.807) is 23.1 Å². The van der Waals surface area contributed by atoms with Crippen LogP contribution in [0.3, 0.4) is 0 Å². The summed E-state index contributed by atoms with van der Waals surface area (Å²) in [6.45, 7) is 4.26. The zero-order valence-electron chi connectivity index (χ0n) is 17.7. The first-order chi connectivity index (χ1) is 14.9. The largest absolute Gasteiger partial charge is 0.489 e. The number of carbonyl (C=O) groups is 1. The molecular formula is C24H27ClN2O4. The van der Waals surface area contributed by atoms with E-state index in [4.69, 9.17) is 21.4 Å². The first kappa shape index (κ1) is 23.0. The van der Waals surface area contributed by atoms with E-state index < -0.39 is 6.10 Å². The number of anilines is 1. The first-order valence-corrected chi connectivity index (χ1v) is 10.7. The number of amidine groups is 1. The number of nitrogens with zero attached hydrogens (tertiary/aromatic N) is 2. The van der Waals surface area contributed by atoms with Gasteiger partial charge in [-0.05, 0) is 48.7 Å². The van der Waals surface area contributed by atoms with E-state index in [0.29, 0.717) is 29.3 Å². The molecule has 0 aromatic heterocycles. The molecule has 0 aliphatic carbocycles. The van der Waals surface area contributed by atoms with Gasteiger partial charge in [0.1, 0.15) is 24.3 Å². The van der Waals surface area contributed by atoms with Gasteiger partial charge in [0.25, 0.3) is 5.91 Å². The molecule has 0 bridgehead atoms. The predicted octanol–water partition coefficient (Wildman–Crippen LogP) is 4.01. The number of amides is 1. The lowest BCUT2D eigenvalue weighted by atomic mass is 10.1. The lowest BCUT2D eigenvalue weighted by Gasteiger charge is -2.19. The highest BCUT2D eigenvalue weighted by molar-refractivity contribution is 6.33. The van der Waals surface area contributed by atoms with Crippen molar-refractivity contribution in [1.29, 1.82) is 0 Å². The van der Waals surface area contributed by atoms with E-state index in [1.807, 2.05) is 37.3 Å². The maximum Gasteiger partial charge on any atom is 0.260 e. The number of aliphatic imine (C=N–C) groups is 1. The van der Waals surface area contributed by atoms with Crippen LogP contribution in [-0.2, 0) is 4.79 Å². The number of hydrogen-bond acceptors (Lipinski definition) is 5. The van der Waals surface area contributed by atoms with Gasteiger partial charge in [0.15, 0.2) is 0 Å². The van der Waals surface area contributed by atoms with Gasteiger partial charge in [0.05, 0.1) is 17.3 Å². The molecule has 6 nitrogen and oxygen atoms in total. The summed E-state index contributed by atoms with van der Waals surface area (Å²) in [5.74, 6) is 1.06. The van der Waals surface area contributed by atoms with E-state index in [1.165, 1.54) is 0 Å². The van der Waals surface area contributed by atoms with Crippen molar-refractivity contribution in [1.82, 2.24) is 0 Å². The Morgan fingerprint density at radius 1 is 1.29 bits per heavy atom. The third-order valence-electron chi connectivity index (χ3n) is 4.90. The fraction of sp³-hybridized carbons (Fsp3) is 0.333. The normalized spacial score (nSPS) is 17.6. The lowest BCUT2D eigenvalue weighted by Crippen LogP contribution is -2.30. The molecular weight excluding hydrogens is 416 g/mol. The molecule has 1 amide bonds. The van der Waals surface area contributed by atoms with Crippen LogP contribution in [0.2, 0.25) is 5.02 Å². The Kier molecular flexibility index (Phi) is 7.85. The summed E-state index contributed by atoms with van der Waals surface area (Å²) >= 11 is 6.30. The Labute approximate surface area is 187 Å². The van der Waals surface area contributed by atoms with E-state index >= 15 is 0 Å². The molecule has 7 heteroatoms. The molecule has 0 saturated carbocycles. The minimum absolute atomic E-state index is 0.0578. The molecule has 1 heterocycles. The number of aliphatic hydroxyl groups excluding tert-OH is 2. The molecule has 31 heavy (non-hydrogen) atoms. The molecule has 2 N–H and O–H groups in total. The van der Waals surface area contributed by atoms with Crippen LogP contribution in [0.1, 0.15) is 30.9 Å². The van der Waals surface area contributed by atoms with Gasteiger partial charge in [-0.2, -0.15) is 0 Å². The third kappa shape index (κ3) is 5.53. The summed E-state index contributed by atoms with van der Waals surface area (Å²) in [6, 6.07) is 13.0. The monoisotopic (exact) mass is 442 g/mol. The Morgan fingerprint density at radius 3 is 2.74 bits per heavy atom. The van der Waals surface area contributed by atoms with Crippen LogP contribution >= 0.6 is 11.6 Å². The highest BCUT2D eigenvalue weighted by Crippen LogP contribution is 2.32. The number of ether oxygens (including phenoxy) is 1. The van der Waals surface area contributed by atoms with Gasteiger partial charge in [0, 0.05) is 18.5 Å². The molecule has 3 rings (SSSR count). The maximum absolute atomic E-state index is 13.3. The number of benzene rings is 2. The second-order valence-electron chi connectivity index (χ2n) is 7.41. The Bertz CT molecular complexity index is 1000. The number of aryl methyl sites for hydroxylation is 1. The second-order valence-corrected chi connectivity index (χ2v) is 7.82. The zero-order chi connectivity index (χ0) is 22.4. The van der Waals surface area contributed by atoms with Crippen LogP contribution in [0, 0.1) is 6.92 Å². The number of aliphatic hydroxyl groups is 2. The van der Waals surface area contributed by atoms with Crippen molar-refractivity contribution >= 4 is 35.1 Å². The second kappa shape index (κ2) is 10.6. The summed E-state index contributed by atoms with van der Waals surface area (Å²) in [6.07, 6.45) is 2.20. The van der Waals surface area contributed by atoms with Crippen molar-refractivity contribution in [2.24, 2.45) is 4.99 Å². The van der Waals surface area contributed by atoms with Gasteiger partial charge in [-0.3, -0.25) is 14.7 Å². The van der Waals surface area contributed by atoms with E-state index in [9.17, 15) is 9.90 Å². The zero-order valence-corrected chi connectivity index (χ0v) is 18.5. The van der Waals surface area contributed by atoms with Gasteiger partial charge in [0.2, 0.25) is 0 Å². The highest BCUT2D eigenvalue weighted by atomic mass is 35.5. The number of halogens is 1. The van der Waals surface area contributed by atoms with Crippen molar-refractivity contribution in [2.75, 3.05) is 24.7 Å².